The van der Waals surface area contributed by atoms with Gasteiger partial charge in [0.1, 0.15) is 5.82 Å². The van der Waals surface area contributed by atoms with Crippen LogP contribution in [0.1, 0.15) is 33.6 Å². The highest BCUT2D eigenvalue weighted by atomic mass is 15.1. The average Bonchev–Trinajstić information content (AvgIpc) is 2.87. The standard InChI is InChI=1S/C14H20N4/c1-4-14(3,5-2)18-10-16-9-12(18)11-6-7-17-13(15)8-11/h6-10H,4-5H2,1-3H3,(H2,15,17). The summed E-state index contributed by atoms with van der Waals surface area (Å²) in [7, 11) is 0. The van der Waals surface area contributed by atoms with Crippen LogP contribution in [0.3, 0.4) is 0 Å². The molecule has 0 radical (unpaired) electrons. The first-order chi connectivity index (χ1) is 8.60. The topological polar surface area (TPSA) is 56.7 Å². The maximum absolute atomic E-state index is 5.75. The molecule has 0 spiro atoms. The van der Waals surface area contributed by atoms with Crippen LogP contribution in [0.2, 0.25) is 0 Å². The molecular weight excluding hydrogens is 224 g/mol. The molecule has 96 valence electrons. The minimum Gasteiger partial charge on any atom is -0.384 e. The molecular formula is C14H20N4. The highest BCUT2D eigenvalue weighted by Crippen LogP contribution is 2.31. The largest absolute Gasteiger partial charge is 0.384 e. The predicted molar refractivity (Wildman–Crippen MR) is 74.1 cm³/mol. The van der Waals surface area contributed by atoms with Crippen LogP contribution >= 0.6 is 0 Å². The molecule has 0 saturated carbocycles. The van der Waals surface area contributed by atoms with E-state index in [2.05, 4.69) is 35.3 Å². The van der Waals surface area contributed by atoms with Crippen molar-refractivity contribution in [1.29, 1.82) is 0 Å². The molecule has 0 atom stereocenters. The zero-order valence-electron chi connectivity index (χ0n) is 11.2. The normalized spacial score (nSPS) is 11.7. The summed E-state index contributed by atoms with van der Waals surface area (Å²) in [5.41, 5.74) is 7.99. The number of aromatic nitrogens is 3. The number of pyridine rings is 1. The Labute approximate surface area is 108 Å². The Morgan fingerprint density at radius 2 is 2.06 bits per heavy atom. The number of imidazole rings is 1. The Morgan fingerprint density at radius 1 is 1.33 bits per heavy atom. The van der Waals surface area contributed by atoms with Gasteiger partial charge in [-0.25, -0.2) is 9.97 Å². The van der Waals surface area contributed by atoms with Gasteiger partial charge in [-0.05, 0) is 31.9 Å². The molecule has 2 aromatic rings. The first-order valence-corrected chi connectivity index (χ1v) is 6.35. The van der Waals surface area contributed by atoms with Gasteiger partial charge in [0.05, 0.1) is 18.2 Å². The van der Waals surface area contributed by atoms with Gasteiger partial charge in [-0.1, -0.05) is 13.8 Å². The van der Waals surface area contributed by atoms with Gasteiger partial charge in [0.15, 0.2) is 0 Å². The molecule has 0 bridgehead atoms. The van der Waals surface area contributed by atoms with Crippen LogP contribution in [0.4, 0.5) is 5.82 Å². The third-order valence-electron chi connectivity index (χ3n) is 3.82. The van der Waals surface area contributed by atoms with E-state index in [0.29, 0.717) is 5.82 Å². The minimum absolute atomic E-state index is 0.0872. The van der Waals surface area contributed by atoms with Crippen LogP contribution < -0.4 is 5.73 Å². The molecule has 0 aromatic carbocycles. The first kappa shape index (κ1) is 12.6. The second-order valence-corrected chi connectivity index (χ2v) is 4.82. The zero-order valence-corrected chi connectivity index (χ0v) is 11.2. The van der Waals surface area contributed by atoms with Crippen LogP contribution in [0.5, 0.6) is 0 Å². The van der Waals surface area contributed by atoms with Gasteiger partial charge >= 0.3 is 0 Å². The highest BCUT2D eigenvalue weighted by Gasteiger charge is 2.24. The van der Waals surface area contributed by atoms with Crippen molar-refractivity contribution in [3.8, 4) is 11.3 Å². The van der Waals surface area contributed by atoms with Crippen molar-refractivity contribution in [2.24, 2.45) is 0 Å². The lowest BCUT2D eigenvalue weighted by Gasteiger charge is -2.30. The molecule has 0 aliphatic heterocycles. The van der Waals surface area contributed by atoms with E-state index in [4.69, 9.17) is 5.73 Å². The molecule has 0 aliphatic rings. The summed E-state index contributed by atoms with van der Waals surface area (Å²) in [5, 5.41) is 0. The number of rotatable bonds is 4. The fraction of sp³-hybridized carbons (Fsp3) is 0.429. The van der Waals surface area contributed by atoms with Gasteiger partial charge in [-0.2, -0.15) is 0 Å². The maximum atomic E-state index is 5.75. The minimum atomic E-state index is 0.0872. The lowest BCUT2D eigenvalue weighted by molar-refractivity contribution is 0.297. The number of hydrogen-bond donors (Lipinski definition) is 1. The summed E-state index contributed by atoms with van der Waals surface area (Å²) in [6.07, 6.45) is 7.65. The van der Waals surface area contributed by atoms with E-state index in [0.717, 1.165) is 24.1 Å². The Hall–Kier alpha value is -1.84. The van der Waals surface area contributed by atoms with Gasteiger partial charge in [-0.3, -0.25) is 0 Å². The Kier molecular flexibility index (Phi) is 3.36. The second-order valence-electron chi connectivity index (χ2n) is 4.82. The summed E-state index contributed by atoms with van der Waals surface area (Å²) >= 11 is 0. The molecule has 2 N–H and O–H groups in total. The van der Waals surface area contributed by atoms with Crippen molar-refractivity contribution < 1.29 is 0 Å². The van der Waals surface area contributed by atoms with Crippen molar-refractivity contribution in [3.05, 3.63) is 30.9 Å². The van der Waals surface area contributed by atoms with Crippen LogP contribution in [0.25, 0.3) is 11.3 Å². The van der Waals surface area contributed by atoms with Crippen LogP contribution in [-0.4, -0.2) is 14.5 Å². The average molecular weight is 244 g/mol. The quantitative estimate of drug-likeness (QED) is 0.899. The number of nitrogen functional groups attached to an aromatic ring is 1. The summed E-state index contributed by atoms with van der Waals surface area (Å²) in [6.45, 7) is 6.66. The zero-order chi connectivity index (χ0) is 13.2. The molecule has 18 heavy (non-hydrogen) atoms. The van der Waals surface area contributed by atoms with E-state index in [1.54, 1.807) is 6.20 Å². The van der Waals surface area contributed by atoms with E-state index in [1.165, 1.54) is 0 Å². The second kappa shape index (κ2) is 4.80. The van der Waals surface area contributed by atoms with E-state index in [9.17, 15) is 0 Å². The van der Waals surface area contributed by atoms with Crippen molar-refractivity contribution in [1.82, 2.24) is 14.5 Å². The molecule has 0 amide bonds. The van der Waals surface area contributed by atoms with E-state index < -0.39 is 0 Å². The van der Waals surface area contributed by atoms with Gasteiger partial charge in [0, 0.05) is 17.3 Å². The van der Waals surface area contributed by atoms with E-state index in [-0.39, 0.29) is 5.54 Å². The van der Waals surface area contributed by atoms with Crippen molar-refractivity contribution in [2.75, 3.05) is 5.73 Å². The molecule has 2 rings (SSSR count). The predicted octanol–water partition coefficient (Wildman–Crippen LogP) is 3.06. The van der Waals surface area contributed by atoms with Gasteiger partial charge in [0.25, 0.3) is 0 Å². The first-order valence-electron chi connectivity index (χ1n) is 6.35. The van der Waals surface area contributed by atoms with Crippen molar-refractivity contribution in [2.45, 2.75) is 39.2 Å². The SMILES string of the molecule is CCC(C)(CC)n1cncc1-c1ccnc(N)c1. The monoisotopic (exact) mass is 244 g/mol. The summed E-state index contributed by atoms with van der Waals surface area (Å²) in [4.78, 5) is 8.32. The number of nitrogens with zero attached hydrogens (tertiary/aromatic N) is 3. The Bertz CT molecular complexity index is 526. The van der Waals surface area contributed by atoms with Gasteiger partial charge < -0.3 is 10.3 Å². The molecule has 4 heteroatoms. The molecule has 0 saturated heterocycles. The molecule has 2 aromatic heterocycles. The number of nitrogens with two attached hydrogens (primary N) is 1. The van der Waals surface area contributed by atoms with Crippen LogP contribution in [-0.2, 0) is 5.54 Å². The van der Waals surface area contributed by atoms with Gasteiger partial charge in [0.2, 0.25) is 0 Å². The van der Waals surface area contributed by atoms with Crippen LogP contribution in [0.15, 0.2) is 30.9 Å². The summed E-state index contributed by atoms with van der Waals surface area (Å²) in [5.74, 6) is 0.537. The molecule has 0 fully saturated rings. The Balaban J connectivity index is 2.51. The lowest BCUT2D eigenvalue weighted by Crippen LogP contribution is -2.28. The Morgan fingerprint density at radius 3 is 2.67 bits per heavy atom. The fourth-order valence-electron chi connectivity index (χ4n) is 2.14. The molecule has 4 nitrogen and oxygen atoms in total. The highest BCUT2D eigenvalue weighted by molar-refractivity contribution is 5.62. The molecule has 2 heterocycles. The van der Waals surface area contributed by atoms with Crippen molar-refractivity contribution >= 4 is 5.82 Å². The van der Waals surface area contributed by atoms with Gasteiger partial charge in [-0.15, -0.1) is 0 Å². The van der Waals surface area contributed by atoms with E-state index in [1.807, 2.05) is 24.7 Å². The lowest BCUT2D eigenvalue weighted by atomic mass is 9.94. The smallest absolute Gasteiger partial charge is 0.123 e. The molecule has 0 unspecified atom stereocenters. The van der Waals surface area contributed by atoms with Crippen molar-refractivity contribution in [3.63, 3.8) is 0 Å². The third-order valence-corrected chi connectivity index (χ3v) is 3.82. The number of hydrogen-bond acceptors (Lipinski definition) is 3. The third kappa shape index (κ3) is 2.10. The molecule has 0 aliphatic carbocycles. The summed E-state index contributed by atoms with van der Waals surface area (Å²) in [6, 6.07) is 3.86. The van der Waals surface area contributed by atoms with Crippen LogP contribution in [0, 0.1) is 0 Å². The fourth-order valence-corrected chi connectivity index (χ4v) is 2.14. The van der Waals surface area contributed by atoms with E-state index >= 15 is 0 Å². The maximum Gasteiger partial charge on any atom is 0.123 e. The number of anilines is 1. The summed E-state index contributed by atoms with van der Waals surface area (Å²) < 4.78 is 2.24.